The predicted molar refractivity (Wildman–Crippen MR) is 122 cm³/mol. The highest BCUT2D eigenvalue weighted by atomic mass is 16.6. The van der Waals surface area contributed by atoms with E-state index in [1.165, 1.54) is 13.0 Å². The summed E-state index contributed by atoms with van der Waals surface area (Å²) in [7, 11) is 0. The molecule has 190 valence electrons. The van der Waals surface area contributed by atoms with Crippen molar-refractivity contribution < 1.29 is 42.9 Å². The van der Waals surface area contributed by atoms with Crippen LogP contribution in [0.1, 0.15) is 41.0 Å². The molecule has 0 amide bonds. The van der Waals surface area contributed by atoms with Crippen molar-refractivity contribution in [2.45, 2.75) is 59.4 Å². The Kier molecular flexibility index (Phi) is 7.38. The van der Waals surface area contributed by atoms with Gasteiger partial charge in [0.2, 0.25) is 0 Å². The Labute approximate surface area is 204 Å². The largest absolute Gasteiger partial charge is 0.461 e. The van der Waals surface area contributed by atoms with Gasteiger partial charge in [0.25, 0.3) is 0 Å². The highest BCUT2D eigenvalue weighted by molar-refractivity contribution is 6.00. The molecule has 0 aromatic heterocycles. The molecule has 0 aromatic carbocycles. The summed E-state index contributed by atoms with van der Waals surface area (Å²) in [5, 5.41) is 0. The normalized spacial score (nSPS) is 33.5. The second kappa shape index (κ2) is 9.79. The zero-order valence-electron chi connectivity index (χ0n) is 20.7. The van der Waals surface area contributed by atoms with Gasteiger partial charge in [-0.2, -0.15) is 0 Å². The number of ether oxygens (including phenoxy) is 4. The average Bonchev–Trinajstić information content (AvgIpc) is 3.21. The van der Waals surface area contributed by atoms with Gasteiger partial charge >= 0.3 is 23.9 Å². The second-order valence-electron chi connectivity index (χ2n) is 10.1. The van der Waals surface area contributed by atoms with E-state index in [1.54, 1.807) is 13.0 Å². The first kappa shape index (κ1) is 26.4. The van der Waals surface area contributed by atoms with Crippen LogP contribution in [0, 0.1) is 29.1 Å². The summed E-state index contributed by atoms with van der Waals surface area (Å²) in [6, 6.07) is 0. The van der Waals surface area contributed by atoms with Crippen molar-refractivity contribution in [3.63, 3.8) is 0 Å². The molecule has 1 aliphatic heterocycles. The molecule has 35 heavy (non-hydrogen) atoms. The summed E-state index contributed by atoms with van der Waals surface area (Å²) >= 11 is 0. The lowest BCUT2D eigenvalue weighted by atomic mass is 9.67. The van der Waals surface area contributed by atoms with Gasteiger partial charge in [-0.25, -0.2) is 9.59 Å². The van der Waals surface area contributed by atoms with E-state index in [4.69, 9.17) is 18.9 Å². The summed E-state index contributed by atoms with van der Waals surface area (Å²) < 4.78 is 22.1. The lowest BCUT2D eigenvalue weighted by Gasteiger charge is -2.39. The molecule has 7 unspecified atom stereocenters. The van der Waals surface area contributed by atoms with Crippen LogP contribution >= 0.6 is 0 Å². The lowest BCUT2D eigenvalue weighted by Crippen LogP contribution is -2.49. The van der Waals surface area contributed by atoms with E-state index in [0.717, 1.165) is 0 Å². The van der Waals surface area contributed by atoms with Gasteiger partial charge < -0.3 is 18.9 Å². The third-order valence-electron chi connectivity index (χ3n) is 7.08. The van der Waals surface area contributed by atoms with Crippen molar-refractivity contribution in [1.82, 2.24) is 0 Å². The maximum atomic E-state index is 13.2. The van der Waals surface area contributed by atoms with E-state index in [0.29, 0.717) is 0 Å². The summed E-state index contributed by atoms with van der Waals surface area (Å²) in [5.41, 5.74) is -1.39. The van der Waals surface area contributed by atoms with Crippen LogP contribution in [0.2, 0.25) is 0 Å². The SMILES string of the molecule is C=C(COC(C)=O)C(=O)OC1C2C(=C)C(=O)OC2C(OC(=O)CC(C)C)C(C)C2C=CC(=O)C21C. The van der Waals surface area contributed by atoms with Gasteiger partial charge in [0, 0.05) is 24.8 Å². The molecule has 0 spiro atoms. The van der Waals surface area contributed by atoms with Crippen LogP contribution in [0.4, 0.5) is 0 Å². The molecule has 3 aliphatic rings. The van der Waals surface area contributed by atoms with E-state index in [1.807, 2.05) is 20.8 Å². The monoisotopic (exact) mass is 488 g/mol. The van der Waals surface area contributed by atoms with Crippen molar-refractivity contribution in [2.24, 2.45) is 29.1 Å². The van der Waals surface area contributed by atoms with Crippen LogP contribution in [0.3, 0.4) is 0 Å². The molecule has 1 heterocycles. The fourth-order valence-electron chi connectivity index (χ4n) is 5.25. The van der Waals surface area contributed by atoms with Crippen LogP contribution in [0.5, 0.6) is 0 Å². The number of fused-ring (bicyclic) bond motifs is 2. The average molecular weight is 489 g/mol. The van der Waals surface area contributed by atoms with Gasteiger partial charge in [0.15, 0.2) is 5.78 Å². The van der Waals surface area contributed by atoms with Crippen molar-refractivity contribution in [3.8, 4) is 0 Å². The number of esters is 4. The molecule has 1 saturated carbocycles. The first-order valence-corrected chi connectivity index (χ1v) is 11.6. The Balaban J connectivity index is 2.03. The highest BCUT2D eigenvalue weighted by Crippen LogP contribution is 2.55. The van der Waals surface area contributed by atoms with Crippen molar-refractivity contribution >= 4 is 29.7 Å². The quantitative estimate of drug-likeness (QED) is 0.302. The molecule has 0 bridgehead atoms. The molecule has 0 N–H and O–H groups in total. The third kappa shape index (κ3) is 4.81. The number of carbonyl (C=O) groups excluding carboxylic acids is 5. The number of ketones is 1. The Morgan fingerprint density at radius 1 is 1.20 bits per heavy atom. The Morgan fingerprint density at radius 3 is 2.46 bits per heavy atom. The van der Waals surface area contributed by atoms with Crippen LogP contribution in [0.25, 0.3) is 0 Å². The van der Waals surface area contributed by atoms with Gasteiger partial charge in [0.1, 0.15) is 24.9 Å². The number of hydrogen-bond donors (Lipinski definition) is 0. The summed E-state index contributed by atoms with van der Waals surface area (Å²) in [5.74, 6) is -4.76. The maximum Gasteiger partial charge on any atom is 0.337 e. The Bertz CT molecular complexity index is 1010. The van der Waals surface area contributed by atoms with Crippen LogP contribution in [-0.4, -0.2) is 54.6 Å². The van der Waals surface area contributed by atoms with Gasteiger partial charge in [-0.1, -0.05) is 40.0 Å². The number of hydrogen-bond acceptors (Lipinski definition) is 9. The molecule has 0 radical (unpaired) electrons. The van der Waals surface area contributed by atoms with E-state index in [2.05, 4.69) is 13.2 Å². The van der Waals surface area contributed by atoms with Crippen molar-refractivity contribution in [1.29, 1.82) is 0 Å². The maximum absolute atomic E-state index is 13.2. The smallest absolute Gasteiger partial charge is 0.337 e. The Hall–Kier alpha value is -3.23. The summed E-state index contributed by atoms with van der Waals surface area (Å²) in [6.45, 7) is 15.5. The van der Waals surface area contributed by atoms with Crippen LogP contribution in [0.15, 0.2) is 36.5 Å². The molecule has 3 rings (SSSR count). The molecule has 2 fully saturated rings. The highest BCUT2D eigenvalue weighted by Gasteiger charge is 2.65. The minimum atomic E-state index is -1.28. The molecule has 1 saturated heterocycles. The van der Waals surface area contributed by atoms with E-state index < -0.39 is 65.4 Å². The molecule has 7 atom stereocenters. The third-order valence-corrected chi connectivity index (χ3v) is 7.08. The fourth-order valence-corrected chi connectivity index (χ4v) is 5.25. The first-order valence-electron chi connectivity index (χ1n) is 11.6. The Morgan fingerprint density at radius 2 is 1.86 bits per heavy atom. The lowest BCUT2D eigenvalue weighted by molar-refractivity contribution is -0.170. The standard InChI is InChI=1S/C26H32O9/c1-12(2)10-19(29)33-21-14(4)17-8-9-18(28)26(17,7)23(20-15(5)25(31)34-22(20)21)35-24(30)13(3)11-32-16(6)27/h8-9,12,14,17,20-23H,3,5,10-11H2,1-2,4,6-7H3. The second-order valence-corrected chi connectivity index (χ2v) is 10.1. The van der Waals surface area contributed by atoms with Gasteiger partial charge in [-0.15, -0.1) is 0 Å². The molecular weight excluding hydrogens is 456 g/mol. The molecule has 9 heteroatoms. The van der Waals surface area contributed by atoms with Crippen molar-refractivity contribution in [3.05, 3.63) is 36.5 Å². The zero-order valence-corrected chi connectivity index (χ0v) is 20.7. The van der Waals surface area contributed by atoms with Crippen LogP contribution < -0.4 is 0 Å². The summed E-state index contributed by atoms with van der Waals surface area (Å²) in [4.78, 5) is 62.5. The van der Waals surface area contributed by atoms with Crippen LogP contribution in [-0.2, 0) is 42.9 Å². The number of rotatable bonds is 7. The van der Waals surface area contributed by atoms with Crippen molar-refractivity contribution in [2.75, 3.05) is 6.61 Å². The fraction of sp³-hybridized carbons (Fsp3) is 0.577. The van der Waals surface area contributed by atoms with Gasteiger partial charge in [0.05, 0.1) is 16.9 Å². The molecule has 0 aromatic rings. The van der Waals surface area contributed by atoms with Gasteiger partial charge in [-0.3, -0.25) is 14.4 Å². The zero-order chi connectivity index (χ0) is 26.2. The number of carbonyl (C=O) groups is 5. The first-order chi connectivity index (χ1) is 16.3. The number of allylic oxidation sites excluding steroid dienone is 2. The van der Waals surface area contributed by atoms with E-state index >= 15 is 0 Å². The van der Waals surface area contributed by atoms with Gasteiger partial charge in [-0.05, 0) is 24.8 Å². The van der Waals surface area contributed by atoms with E-state index in [9.17, 15) is 24.0 Å². The predicted octanol–water partition coefficient (Wildman–Crippen LogP) is 2.48. The molecule has 2 aliphatic carbocycles. The molecule has 9 nitrogen and oxygen atoms in total. The summed E-state index contributed by atoms with van der Waals surface area (Å²) in [6.07, 6.45) is 0.253. The minimum absolute atomic E-state index is 0.0251. The minimum Gasteiger partial charge on any atom is -0.461 e. The topological polar surface area (TPSA) is 122 Å². The van der Waals surface area contributed by atoms with E-state index in [-0.39, 0.29) is 35.9 Å². The molecular formula is C26H32O9.